The largest absolute Gasteiger partial charge is 0.496 e. The number of aromatic nitrogens is 2. The number of nitrogens with two attached hydrogens (primary N) is 1. The highest BCUT2D eigenvalue weighted by Crippen LogP contribution is 2.16. The van der Waals surface area contributed by atoms with Crippen LogP contribution >= 0.6 is 0 Å². The molecule has 0 unspecified atom stereocenters. The number of benzene rings is 2. The van der Waals surface area contributed by atoms with Crippen LogP contribution in [-0.4, -0.2) is 35.2 Å². The molecule has 0 saturated carbocycles. The van der Waals surface area contributed by atoms with E-state index in [0.29, 0.717) is 24.4 Å². The van der Waals surface area contributed by atoms with E-state index in [1.807, 2.05) is 73.1 Å². The predicted octanol–water partition coefficient (Wildman–Crippen LogP) is 2.51. The van der Waals surface area contributed by atoms with Crippen LogP contribution < -0.4 is 15.8 Å². The van der Waals surface area contributed by atoms with Gasteiger partial charge in [-0.25, -0.2) is 0 Å². The Kier molecular flexibility index (Phi) is 7.26. The predicted molar refractivity (Wildman–Crippen MR) is 119 cm³/mol. The Morgan fingerprint density at radius 3 is 2.71 bits per heavy atom. The summed E-state index contributed by atoms with van der Waals surface area (Å²) < 4.78 is 7.20. The molecule has 3 rings (SSSR count). The molecule has 3 N–H and O–H groups in total. The molecule has 3 aromatic rings. The Hall–Kier alpha value is -3.81. The van der Waals surface area contributed by atoms with Crippen molar-refractivity contribution in [2.75, 3.05) is 13.7 Å². The summed E-state index contributed by atoms with van der Waals surface area (Å²) in [6.07, 6.45) is 0. The fourth-order valence-electron chi connectivity index (χ4n) is 3.14. The molecular formula is C23H27N5O3. The number of oxime groups is 1. The SMILES string of the molecule is COc1ccccc1CNC(=O)CO/N=C(/N)c1cccc(Cn2nc(C)cc2C)c1. The molecule has 0 aliphatic rings. The summed E-state index contributed by atoms with van der Waals surface area (Å²) in [5, 5.41) is 11.1. The molecule has 0 spiro atoms. The van der Waals surface area contributed by atoms with E-state index in [-0.39, 0.29) is 18.3 Å². The molecule has 0 aliphatic carbocycles. The highest BCUT2D eigenvalue weighted by molar-refractivity contribution is 5.97. The van der Waals surface area contributed by atoms with Crippen molar-refractivity contribution < 1.29 is 14.4 Å². The monoisotopic (exact) mass is 421 g/mol. The molecular weight excluding hydrogens is 394 g/mol. The molecule has 1 heterocycles. The van der Waals surface area contributed by atoms with Crippen LogP contribution in [0.2, 0.25) is 0 Å². The second-order valence-corrected chi connectivity index (χ2v) is 7.12. The minimum atomic E-state index is -0.305. The number of nitrogens with one attached hydrogen (secondary N) is 1. The average Bonchev–Trinajstić information content (AvgIpc) is 3.09. The van der Waals surface area contributed by atoms with Crippen LogP contribution in [0.25, 0.3) is 0 Å². The molecule has 0 bridgehead atoms. The summed E-state index contributed by atoms with van der Waals surface area (Å²) in [4.78, 5) is 17.2. The zero-order valence-corrected chi connectivity index (χ0v) is 18.0. The lowest BCUT2D eigenvalue weighted by Gasteiger charge is -2.09. The molecule has 8 heteroatoms. The van der Waals surface area contributed by atoms with Gasteiger partial charge in [-0.2, -0.15) is 5.10 Å². The molecule has 0 fully saturated rings. The highest BCUT2D eigenvalue weighted by atomic mass is 16.6. The third kappa shape index (κ3) is 6.08. The van der Waals surface area contributed by atoms with Crippen molar-refractivity contribution in [1.29, 1.82) is 0 Å². The van der Waals surface area contributed by atoms with Gasteiger partial charge < -0.3 is 20.6 Å². The minimum absolute atomic E-state index is 0.202. The highest BCUT2D eigenvalue weighted by Gasteiger charge is 2.07. The van der Waals surface area contributed by atoms with Crippen molar-refractivity contribution in [3.05, 3.63) is 82.7 Å². The van der Waals surface area contributed by atoms with Gasteiger partial charge in [-0.1, -0.05) is 41.6 Å². The van der Waals surface area contributed by atoms with Crippen LogP contribution in [0.4, 0.5) is 0 Å². The van der Waals surface area contributed by atoms with Crippen LogP contribution in [0.3, 0.4) is 0 Å². The summed E-state index contributed by atoms with van der Waals surface area (Å²) in [6.45, 7) is 4.72. The van der Waals surface area contributed by atoms with Crippen LogP contribution in [0, 0.1) is 13.8 Å². The van der Waals surface area contributed by atoms with Gasteiger partial charge in [-0.15, -0.1) is 0 Å². The number of nitrogens with zero attached hydrogens (tertiary/aromatic N) is 3. The van der Waals surface area contributed by atoms with Crippen molar-refractivity contribution >= 4 is 11.7 Å². The number of rotatable bonds is 9. The quantitative estimate of drug-likeness (QED) is 0.314. The molecule has 162 valence electrons. The summed E-state index contributed by atoms with van der Waals surface area (Å²) in [5.74, 6) is 0.611. The van der Waals surface area contributed by atoms with Gasteiger partial charge in [0.15, 0.2) is 12.4 Å². The van der Waals surface area contributed by atoms with E-state index in [4.69, 9.17) is 15.3 Å². The van der Waals surface area contributed by atoms with Gasteiger partial charge in [0.2, 0.25) is 0 Å². The smallest absolute Gasteiger partial charge is 0.261 e. The molecule has 0 radical (unpaired) electrons. The fourth-order valence-corrected chi connectivity index (χ4v) is 3.14. The lowest BCUT2D eigenvalue weighted by molar-refractivity contribution is -0.125. The van der Waals surface area contributed by atoms with Gasteiger partial charge in [0.1, 0.15) is 5.75 Å². The Morgan fingerprint density at radius 1 is 1.16 bits per heavy atom. The normalized spacial score (nSPS) is 11.3. The Labute approximate surface area is 181 Å². The number of aryl methyl sites for hydroxylation is 2. The maximum atomic E-state index is 12.0. The first kappa shape index (κ1) is 21.9. The van der Waals surface area contributed by atoms with Gasteiger partial charge in [-0.05, 0) is 37.6 Å². The molecule has 31 heavy (non-hydrogen) atoms. The first-order chi connectivity index (χ1) is 15.0. The molecule has 1 aromatic heterocycles. The van der Waals surface area contributed by atoms with E-state index in [1.54, 1.807) is 7.11 Å². The number of amidine groups is 1. The lowest BCUT2D eigenvalue weighted by atomic mass is 10.1. The Balaban J connectivity index is 1.53. The summed E-state index contributed by atoms with van der Waals surface area (Å²) >= 11 is 0. The van der Waals surface area contributed by atoms with Gasteiger partial charge in [-0.3, -0.25) is 9.48 Å². The maximum Gasteiger partial charge on any atom is 0.261 e. The van der Waals surface area contributed by atoms with E-state index in [9.17, 15) is 4.79 Å². The summed E-state index contributed by atoms with van der Waals surface area (Å²) in [6, 6.07) is 17.2. The number of hydrogen-bond donors (Lipinski definition) is 2. The number of para-hydroxylation sites is 1. The Bertz CT molecular complexity index is 1070. The minimum Gasteiger partial charge on any atom is -0.496 e. The maximum absolute atomic E-state index is 12.0. The van der Waals surface area contributed by atoms with Crippen LogP contribution in [0.5, 0.6) is 5.75 Å². The zero-order valence-electron chi connectivity index (χ0n) is 18.0. The number of ether oxygens (including phenoxy) is 1. The molecule has 0 aliphatic heterocycles. The third-order valence-corrected chi connectivity index (χ3v) is 4.69. The first-order valence-electron chi connectivity index (χ1n) is 9.90. The van der Waals surface area contributed by atoms with E-state index in [1.165, 1.54) is 0 Å². The molecule has 8 nitrogen and oxygen atoms in total. The number of amides is 1. The number of carbonyl (C=O) groups is 1. The van der Waals surface area contributed by atoms with Crippen LogP contribution in [-0.2, 0) is 22.7 Å². The second-order valence-electron chi connectivity index (χ2n) is 7.12. The van der Waals surface area contributed by atoms with Crippen molar-refractivity contribution in [2.24, 2.45) is 10.9 Å². The molecule has 2 aromatic carbocycles. The zero-order chi connectivity index (χ0) is 22.2. The third-order valence-electron chi connectivity index (χ3n) is 4.69. The molecule has 1 amide bonds. The first-order valence-corrected chi connectivity index (χ1v) is 9.90. The van der Waals surface area contributed by atoms with E-state index >= 15 is 0 Å². The topological polar surface area (TPSA) is 104 Å². The Morgan fingerprint density at radius 2 is 1.97 bits per heavy atom. The second kappa shape index (κ2) is 10.3. The van der Waals surface area contributed by atoms with E-state index in [2.05, 4.69) is 15.6 Å². The number of methoxy groups -OCH3 is 1. The average molecular weight is 422 g/mol. The van der Waals surface area contributed by atoms with Crippen LogP contribution in [0.1, 0.15) is 28.1 Å². The standard InChI is InChI=1S/C23H27N5O3/c1-16-11-17(2)28(26-16)14-18-7-6-9-19(12-18)23(24)27-31-15-22(29)25-13-20-8-4-5-10-21(20)30-3/h4-12H,13-15H2,1-3H3,(H2,24,27)(H,25,29). The van der Waals surface area contributed by atoms with E-state index in [0.717, 1.165) is 22.5 Å². The summed E-state index contributed by atoms with van der Waals surface area (Å²) in [5.41, 5.74) is 10.7. The van der Waals surface area contributed by atoms with Gasteiger partial charge >= 0.3 is 0 Å². The van der Waals surface area contributed by atoms with Crippen molar-refractivity contribution in [3.8, 4) is 5.75 Å². The van der Waals surface area contributed by atoms with Crippen molar-refractivity contribution in [1.82, 2.24) is 15.1 Å². The van der Waals surface area contributed by atoms with Crippen LogP contribution in [0.15, 0.2) is 59.8 Å². The van der Waals surface area contributed by atoms with Gasteiger partial charge in [0.05, 0.1) is 19.3 Å². The van der Waals surface area contributed by atoms with E-state index < -0.39 is 0 Å². The number of carbonyl (C=O) groups excluding carboxylic acids is 1. The summed E-state index contributed by atoms with van der Waals surface area (Å²) in [7, 11) is 1.59. The van der Waals surface area contributed by atoms with Crippen molar-refractivity contribution in [3.63, 3.8) is 0 Å². The van der Waals surface area contributed by atoms with Gasteiger partial charge in [0.25, 0.3) is 5.91 Å². The lowest BCUT2D eigenvalue weighted by Crippen LogP contribution is -2.27. The van der Waals surface area contributed by atoms with Gasteiger partial charge in [0, 0.05) is 23.4 Å². The van der Waals surface area contributed by atoms with Crippen molar-refractivity contribution in [2.45, 2.75) is 26.9 Å². The molecule has 0 atom stereocenters. The number of hydrogen-bond acceptors (Lipinski definition) is 5. The molecule has 0 saturated heterocycles. The fraction of sp³-hybridized carbons (Fsp3) is 0.261.